The van der Waals surface area contributed by atoms with Gasteiger partial charge in [0.05, 0.1) is 0 Å². The van der Waals surface area contributed by atoms with Crippen LogP contribution in [0.5, 0.6) is 0 Å². The molecule has 0 unspecified atom stereocenters. The maximum Gasteiger partial charge on any atom is 0.401 e. The fourth-order valence-electron chi connectivity index (χ4n) is 0.175. The molecule has 0 radical (unpaired) electrons. The number of carbonyl (C=O) groups excluding carboxylic acids is 1. The predicted octanol–water partition coefficient (Wildman–Crippen LogP) is -0.238. The lowest BCUT2D eigenvalue weighted by atomic mass is 10.5. The molecule has 0 rings (SSSR count). The standard InChI is InChI=1S/C3H4FNO5/c4-5-10-3(9)1(6)2(7)8/h5-8H. The number of hydrogen-bond donors (Lipinski definition) is 4. The van der Waals surface area contributed by atoms with Gasteiger partial charge in [0.1, 0.15) is 0 Å². The molecule has 0 saturated carbocycles. The number of carbonyl (C=O) groups is 1. The monoisotopic (exact) mass is 153 g/mol. The van der Waals surface area contributed by atoms with E-state index in [0.29, 0.717) is 5.70 Å². The first-order chi connectivity index (χ1) is 4.59. The van der Waals surface area contributed by atoms with Gasteiger partial charge in [0.25, 0.3) is 5.76 Å². The van der Waals surface area contributed by atoms with E-state index < -0.39 is 17.7 Å². The van der Waals surface area contributed by atoms with Crippen LogP contribution in [0, 0.1) is 0 Å². The highest BCUT2D eigenvalue weighted by Crippen LogP contribution is 1.94. The molecule has 0 saturated heterocycles. The number of nitrogens with one attached hydrogen (secondary N) is 1. The summed E-state index contributed by atoms with van der Waals surface area (Å²) in [6, 6.07) is 0. The van der Waals surface area contributed by atoms with Crippen LogP contribution in [0.25, 0.3) is 0 Å². The molecule has 0 fully saturated rings. The fourth-order valence-corrected chi connectivity index (χ4v) is 0.175. The van der Waals surface area contributed by atoms with Gasteiger partial charge in [-0.2, -0.15) is 0 Å². The van der Waals surface area contributed by atoms with E-state index in [1.165, 1.54) is 0 Å². The van der Waals surface area contributed by atoms with Crippen LogP contribution in [0.2, 0.25) is 0 Å². The van der Waals surface area contributed by atoms with Gasteiger partial charge in [-0.05, 0) is 0 Å². The molecular formula is C3H4FNO5. The lowest BCUT2D eigenvalue weighted by molar-refractivity contribution is -0.162. The normalized spacial score (nSPS) is 8.50. The lowest BCUT2D eigenvalue weighted by Gasteiger charge is -1.95. The third-order valence-electron chi connectivity index (χ3n) is 0.536. The molecule has 0 heterocycles. The Morgan fingerprint density at radius 3 is 2.20 bits per heavy atom. The van der Waals surface area contributed by atoms with Crippen LogP contribution in [-0.2, 0) is 9.63 Å². The van der Waals surface area contributed by atoms with Gasteiger partial charge in [0.15, 0.2) is 0 Å². The third kappa shape index (κ3) is 2.18. The van der Waals surface area contributed by atoms with Gasteiger partial charge in [-0.15, -0.1) is 0 Å². The second-order valence-electron chi connectivity index (χ2n) is 1.14. The molecule has 0 amide bonds. The van der Waals surface area contributed by atoms with Crippen molar-refractivity contribution in [3.63, 3.8) is 0 Å². The second kappa shape index (κ2) is 3.51. The molecule has 10 heavy (non-hydrogen) atoms. The number of hydrogen-bond acceptors (Lipinski definition) is 6. The van der Waals surface area contributed by atoms with E-state index in [2.05, 4.69) is 4.84 Å². The predicted molar refractivity (Wildman–Crippen MR) is 25.2 cm³/mol. The molecule has 0 bridgehead atoms. The maximum atomic E-state index is 10.9. The van der Waals surface area contributed by atoms with E-state index in [-0.39, 0.29) is 0 Å². The highest BCUT2D eigenvalue weighted by atomic mass is 19.2. The zero-order valence-electron chi connectivity index (χ0n) is 4.54. The van der Waals surface area contributed by atoms with Crippen molar-refractivity contribution < 1.29 is 29.4 Å². The summed E-state index contributed by atoms with van der Waals surface area (Å²) in [6.07, 6.45) is 0. The van der Waals surface area contributed by atoms with Crippen molar-refractivity contribution in [3.05, 3.63) is 11.7 Å². The Hall–Kier alpha value is -1.50. The molecule has 0 aromatic carbocycles. The largest absolute Gasteiger partial charge is 0.497 e. The van der Waals surface area contributed by atoms with Gasteiger partial charge in [-0.3, -0.25) is 0 Å². The zero-order chi connectivity index (χ0) is 8.15. The van der Waals surface area contributed by atoms with E-state index in [1.807, 2.05) is 0 Å². The van der Waals surface area contributed by atoms with E-state index in [9.17, 15) is 9.28 Å². The van der Waals surface area contributed by atoms with Gasteiger partial charge >= 0.3 is 11.9 Å². The van der Waals surface area contributed by atoms with Crippen LogP contribution in [0.3, 0.4) is 0 Å². The molecule has 6 nitrogen and oxygen atoms in total. The summed E-state index contributed by atoms with van der Waals surface area (Å²) in [5.74, 6) is -4.76. The highest BCUT2D eigenvalue weighted by Gasteiger charge is 2.15. The smallest absolute Gasteiger partial charge is 0.401 e. The summed E-state index contributed by atoms with van der Waals surface area (Å²) < 4.78 is 10.9. The Morgan fingerprint density at radius 2 is 1.90 bits per heavy atom. The van der Waals surface area contributed by atoms with Crippen molar-refractivity contribution in [1.82, 2.24) is 5.70 Å². The van der Waals surface area contributed by atoms with E-state index in [0.717, 1.165) is 0 Å². The minimum atomic E-state index is -1.64. The molecule has 0 atom stereocenters. The average molecular weight is 153 g/mol. The SMILES string of the molecule is O=C(ONF)C(O)=C(O)O. The highest BCUT2D eigenvalue weighted by molar-refractivity contribution is 5.85. The third-order valence-corrected chi connectivity index (χ3v) is 0.536. The van der Waals surface area contributed by atoms with Gasteiger partial charge < -0.3 is 20.2 Å². The summed E-state index contributed by atoms with van der Waals surface area (Å²) in [7, 11) is 0. The molecule has 0 aromatic heterocycles. The van der Waals surface area contributed by atoms with Crippen LogP contribution in [0.15, 0.2) is 11.7 Å². The molecule has 0 aliphatic carbocycles. The molecule has 7 heteroatoms. The Kier molecular flexibility index (Phi) is 2.98. The second-order valence-corrected chi connectivity index (χ2v) is 1.14. The van der Waals surface area contributed by atoms with Crippen molar-refractivity contribution in [2.45, 2.75) is 0 Å². The zero-order valence-corrected chi connectivity index (χ0v) is 4.54. The topological polar surface area (TPSA) is 99.0 Å². The number of halogens is 1. The van der Waals surface area contributed by atoms with E-state index in [4.69, 9.17) is 15.3 Å². The van der Waals surface area contributed by atoms with Crippen molar-refractivity contribution in [2.75, 3.05) is 0 Å². The van der Waals surface area contributed by atoms with Crippen molar-refractivity contribution >= 4 is 5.97 Å². The summed E-state index contributed by atoms with van der Waals surface area (Å²) >= 11 is 0. The van der Waals surface area contributed by atoms with Gasteiger partial charge in [0, 0.05) is 5.70 Å². The van der Waals surface area contributed by atoms with Gasteiger partial charge in [0.2, 0.25) is 0 Å². The van der Waals surface area contributed by atoms with Gasteiger partial charge in [-0.25, -0.2) is 4.79 Å². The van der Waals surface area contributed by atoms with Gasteiger partial charge in [-0.1, -0.05) is 4.48 Å². The van der Waals surface area contributed by atoms with Crippen LogP contribution < -0.4 is 5.70 Å². The quantitative estimate of drug-likeness (QED) is 0.189. The van der Waals surface area contributed by atoms with Crippen LogP contribution in [0.1, 0.15) is 0 Å². The van der Waals surface area contributed by atoms with Crippen molar-refractivity contribution in [1.29, 1.82) is 0 Å². The minimum Gasteiger partial charge on any atom is -0.497 e. The van der Waals surface area contributed by atoms with Crippen LogP contribution in [-0.4, -0.2) is 21.3 Å². The number of rotatable bonds is 2. The minimum absolute atomic E-state index is 0.437. The molecule has 4 N–H and O–H groups in total. The first kappa shape index (κ1) is 8.50. The molecule has 0 aromatic rings. The fraction of sp³-hybridized carbons (Fsp3) is 0. The first-order valence-electron chi connectivity index (χ1n) is 1.97. The molecule has 58 valence electrons. The summed E-state index contributed by atoms with van der Waals surface area (Å²) in [6.45, 7) is 0. The first-order valence-corrected chi connectivity index (χ1v) is 1.97. The van der Waals surface area contributed by atoms with Crippen LogP contribution >= 0.6 is 0 Å². The Morgan fingerprint density at radius 1 is 1.40 bits per heavy atom. The molecule has 0 spiro atoms. The summed E-state index contributed by atoms with van der Waals surface area (Å²) in [5, 5.41) is 24.1. The maximum absolute atomic E-state index is 10.9. The Bertz CT molecular complexity index is 162. The molecule has 0 aliphatic rings. The Balaban J connectivity index is 4.09. The Labute approximate surface area is 54.0 Å². The average Bonchev–Trinajstić information content (AvgIpc) is 1.87. The molecular weight excluding hydrogens is 149 g/mol. The lowest BCUT2D eigenvalue weighted by Crippen LogP contribution is -2.15. The summed E-state index contributed by atoms with van der Waals surface area (Å²) in [5.41, 5.74) is 0.437. The molecule has 0 aliphatic heterocycles. The number of aliphatic hydroxyl groups is 3. The van der Waals surface area contributed by atoms with E-state index in [1.54, 1.807) is 0 Å². The number of aliphatic hydroxyl groups excluding tert-OH is 2. The van der Waals surface area contributed by atoms with Crippen LogP contribution in [0.4, 0.5) is 4.48 Å². The van der Waals surface area contributed by atoms with E-state index >= 15 is 0 Å². The summed E-state index contributed by atoms with van der Waals surface area (Å²) in [4.78, 5) is 13.3. The van der Waals surface area contributed by atoms with Crippen molar-refractivity contribution in [3.8, 4) is 0 Å². The van der Waals surface area contributed by atoms with Crippen molar-refractivity contribution in [2.24, 2.45) is 0 Å².